The lowest BCUT2D eigenvalue weighted by atomic mass is 10.1. The number of nitrogens with zero attached hydrogens (tertiary/aromatic N) is 6. The van der Waals surface area contributed by atoms with Crippen molar-refractivity contribution < 1.29 is 23.5 Å². The zero-order chi connectivity index (χ0) is 34.3. The van der Waals surface area contributed by atoms with Gasteiger partial charge in [-0.3, -0.25) is 14.6 Å². The van der Waals surface area contributed by atoms with Crippen molar-refractivity contribution in [1.29, 1.82) is 5.26 Å². The van der Waals surface area contributed by atoms with Crippen LogP contribution in [0.15, 0.2) is 109 Å². The Balaban J connectivity index is 1.16. The number of carbonyl (C=O) groups is 2. The number of hydrogen-bond donors (Lipinski definition) is 2. The molecule has 0 atom stereocenters. The molecular formula is C35H22BrFN8O4. The van der Waals surface area contributed by atoms with Gasteiger partial charge >= 0.3 is 0 Å². The van der Waals surface area contributed by atoms with Gasteiger partial charge in [-0.05, 0) is 61.0 Å². The second-order valence-corrected chi connectivity index (χ2v) is 11.3. The Bertz CT molecular complexity index is 2230. The number of ether oxygens (including phenoxy) is 2. The van der Waals surface area contributed by atoms with Crippen LogP contribution < -0.4 is 20.1 Å². The van der Waals surface area contributed by atoms with Crippen LogP contribution >= 0.6 is 15.9 Å². The van der Waals surface area contributed by atoms with Gasteiger partial charge in [0, 0.05) is 51.4 Å². The quantitative estimate of drug-likeness (QED) is 0.153. The lowest BCUT2D eigenvalue weighted by molar-refractivity contribution is 0.101. The molecule has 0 aliphatic rings. The topological polar surface area (TPSA) is 165 Å². The van der Waals surface area contributed by atoms with E-state index in [1.807, 2.05) is 6.92 Å². The number of aryl methyl sites for hydroxylation is 1. The molecule has 0 unspecified atom stereocenters. The number of amides is 2. The van der Waals surface area contributed by atoms with Crippen molar-refractivity contribution in [2.75, 3.05) is 10.6 Å². The largest absolute Gasteiger partial charge is 0.454 e. The van der Waals surface area contributed by atoms with Gasteiger partial charge in [-0.25, -0.2) is 24.3 Å². The van der Waals surface area contributed by atoms with Crippen LogP contribution in [0.4, 0.5) is 15.8 Å². The molecule has 0 saturated carbocycles. The molecule has 3 heterocycles. The van der Waals surface area contributed by atoms with Crippen molar-refractivity contribution in [3.8, 4) is 40.5 Å². The fourth-order valence-electron chi connectivity index (χ4n) is 4.53. The monoisotopic (exact) mass is 716 g/mol. The minimum atomic E-state index is -0.616. The lowest BCUT2D eigenvalue weighted by Crippen LogP contribution is -2.13. The number of nitrogens with one attached hydrogen (secondary N) is 2. The summed E-state index contributed by atoms with van der Waals surface area (Å²) in [4.78, 5) is 46.5. The average molecular weight is 718 g/mol. The number of aromatic nitrogens is 5. The van der Waals surface area contributed by atoms with E-state index in [4.69, 9.17) is 9.47 Å². The Morgan fingerprint density at radius 1 is 0.776 bits per heavy atom. The van der Waals surface area contributed by atoms with Crippen LogP contribution in [0.3, 0.4) is 0 Å². The maximum absolute atomic E-state index is 14.4. The second kappa shape index (κ2) is 14.4. The van der Waals surface area contributed by atoms with Gasteiger partial charge < -0.3 is 20.1 Å². The van der Waals surface area contributed by atoms with E-state index in [0.29, 0.717) is 27.3 Å². The molecule has 12 nitrogen and oxygen atoms in total. The van der Waals surface area contributed by atoms with Gasteiger partial charge in [0.15, 0.2) is 17.3 Å². The number of rotatable bonds is 9. The van der Waals surface area contributed by atoms with Crippen LogP contribution in [0.5, 0.6) is 23.0 Å². The fraction of sp³-hybridized carbons (Fsp3) is 0.0286. The van der Waals surface area contributed by atoms with Gasteiger partial charge in [-0.1, -0.05) is 15.9 Å². The zero-order valence-corrected chi connectivity index (χ0v) is 27.0. The maximum Gasteiger partial charge on any atom is 0.274 e. The van der Waals surface area contributed by atoms with Gasteiger partial charge in [-0.2, -0.15) is 5.26 Å². The Morgan fingerprint density at radius 3 is 2.16 bits per heavy atom. The van der Waals surface area contributed by atoms with Crippen LogP contribution in [0.25, 0.3) is 11.4 Å². The highest BCUT2D eigenvalue weighted by atomic mass is 79.9. The van der Waals surface area contributed by atoms with E-state index >= 15 is 0 Å². The maximum atomic E-state index is 14.4. The number of benzene rings is 3. The van der Waals surface area contributed by atoms with E-state index in [9.17, 15) is 19.2 Å². The number of nitriles is 1. The first-order chi connectivity index (χ1) is 23.7. The third-order valence-corrected chi connectivity index (χ3v) is 7.08. The van der Waals surface area contributed by atoms with Crippen LogP contribution in [0.1, 0.15) is 32.0 Å². The third-order valence-electron chi connectivity index (χ3n) is 6.63. The van der Waals surface area contributed by atoms with E-state index < -0.39 is 17.6 Å². The van der Waals surface area contributed by atoms with E-state index in [1.54, 1.807) is 42.6 Å². The van der Waals surface area contributed by atoms with E-state index in [0.717, 1.165) is 11.6 Å². The van der Waals surface area contributed by atoms with Crippen molar-refractivity contribution >= 4 is 39.1 Å². The molecule has 2 amide bonds. The molecule has 14 heteroatoms. The molecule has 49 heavy (non-hydrogen) atoms. The summed E-state index contributed by atoms with van der Waals surface area (Å²) in [5.74, 6) is -0.292. The van der Waals surface area contributed by atoms with Crippen molar-refractivity contribution in [1.82, 2.24) is 24.9 Å². The second-order valence-electron chi connectivity index (χ2n) is 10.4. The Kier molecular flexibility index (Phi) is 9.54. The van der Waals surface area contributed by atoms with Crippen LogP contribution in [-0.2, 0) is 0 Å². The number of halogens is 2. The molecule has 2 N–H and O–H groups in total. The molecular weight excluding hydrogens is 695 g/mol. The smallest absolute Gasteiger partial charge is 0.274 e. The number of carbonyl (C=O) groups excluding carboxylic acids is 2. The van der Waals surface area contributed by atoms with Crippen LogP contribution in [-0.4, -0.2) is 36.7 Å². The normalized spacial score (nSPS) is 10.5. The summed E-state index contributed by atoms with van der Waals surface area (Å²) < 4.78 is 26.4. The van der Waals surface area contributed by atoms with E-state index in [2.05, 4.69) is 57.6 Å². The van der Waals surface area contributed by atoms with Crippen LogP contribution in [0.2, 0.25) is 0 Å². The van der Waals surface area contributed by atoms with Crippen molar-refractivity contribution in [2.24, 2.45) is 0 Å². The number of pyridine rings is 1. The van der Waals surface area contributed by atoms with E-state index in [-0.39, 0.29) is 39.8 Å². The Hall–Kier alpha value is -6.59. The molecule has 0 aliphatic carbocycles. The molecule has 3 aromatic heterocycles. The minimum Gasteiger partial charge on any atom is -0.454 e. The van der Waals surface area contributed by atoms with Gasteiger partial charge in [0.1, 0.15) is 29.3 Å². The minimum absolute atomic E-state index is 0.149. The van der Waals surface area contributed by atoms with Gasteiger partial charge in [0.2, 0.25) is 0 Å². The standard InChI is InChI=1S/C35H22BrFN8O4/c1-20-2-3-41-32(4-20)35(47)45-26-5-21(14-38)6-28(12-26)48-31-17-42-33(43-18-31)22-7-23(9-24(36)8-22)34(46)44-27-10-25(37)11-29(13-27)49-30-15-39-19-40-16-30/h2-13,15-19H,1H3,(H,44,46)(H,45,47). The molecule has 3 aromatic carbocycles. The van der Waals surface area contributed by atoms with Crippen molar-refractivity contribution in [3.63, 3.8) is 0 Å². The predicted molar refractivity (Wildman–Crippen MR) is 180 cm³/mol. The molecule has 0 bridgehead atoms. The zero-order valence-electron chi connectivity index (χ0n) is 25.4. The lowest BCUT2D eigenvalue weighted by Gasteiger charge is -2.11. The van der Waals surface area contributed by atoms with Crippen molar-refractivity contribution in [3.05, 3.63) is 137 Å². The summed E-state index contributed by atoms with van der Waals surface area (Å²) in [7, 11) is 0. The number of hydrogen-bond acceptors (Lipinski definition) is 10. The Labute approximate surface area is 286 Å². The SMILES string of the molecule is Cc1ccnc(C(=O)Nc2cc(C#N)cc(Oc3cnc(-c4cc(Br)cc(C(=O)Nc5cc(F)cc(Oc6cncnc6)c5)c4)nc3)c2)c1. The molecule has 240 valence electrons. The first-order valence-corrected chi connectivity index (χ1v) is 15.1. The van der Waals surface area contributed by atoms with Gasteiger partial charge in [0.05, 0.1) is 36.4 Å². The molecule has 0 aliphatic heterocycles. The summed E-state index contributed by atoms with van der Waals surface area (Å²) in [6.45, 7) is 1.85. The summed E-state index contributed by atoms with van der Waals surface area (Å²) in [6, 6.07) is 18.8. The Morgan fingerprint density at radius 2 is 1.45 bits per heavy atom. The fourth-order valence-corrected chi connectivity index (χ4v) is 5.02. The molecule has 0 radical (unpaired) electrons. The van der Waals surface area contributed by atoms with Gasteiger partial charge in [-0.15, -0.1) is 0 Å². The highest BCUT2D eigenvalue weighted by Gasteiger charge is 2.14. The average Bonchev–Trinajstić information content (AvgIpc) is 3.08. The first kappa shape index (κ1) is 32.4. The third kappa shape index (κ3) is 8.42. The molecule has 6 rings (SSSR count). The van der Waals surface area contributed by atoms with Crippen LogP contribution in [0, 0.1) is 24.1 Å². The highest BCUT2D eigenvalue weighted by Crippen LogP contribution is 2.29. The first-order valence-electron chi connectivity index (χ1n) is 14.4. The molecule has 0 saturated heterocycles. The summed E-state index contributed by atoms with van der Waals surface area (Å²) >= 11 is 3.43. The predicted octanol–water partition coefficient (Wildman–Crippen LogP) is 7.50. The van der Waals surface area contributed by atoms with Gasteiger partial charge in [0.25, 0.3) is 11.8 Å². The molecule has 6 aromatic rings. The summed E-state index contributed by atoms with van der Waals surface area (Å²) in [6.07, 6.45) is 8.60. The molecule has 0 spiro atoms. The summed E-state index contributed by atoms with van der Waals surface area (Å²) in [5, 5.41) is 15.0. The van der Waals surface area contributed by atoms with Crippen molar-refractivity contribution in [2.45, 2.75) is 6.92 Å². The molecule has 0 fully saturated rings. The summed E-state index contributed by atoms with van der Waals surface area (Å²) in [5.41, 5.74) is 2.65. The number of anilines is 2. The highest BCUT2D eigenvalue weighted by molar-refractivity contribution is 9.10. The van der Waals surface area contributed by atoms with E-state index in [1.165, 1.54) is 55.4 Å².